The number of thiophene rings is 1. The Balaban J connectivity index is 1.54. The molecular formula is C13H16N4O2S. The summed E-state index contributed by atoms with van der Waals surface area (Å²) >= 11 is 1.62. The molecule has 0 aromatic carbocycles. The highest BCUT2D eigenvalue weighted by Crippen LogP contribution is 2.16. The number of amides is 1. The zero-order valence-electron chi connectivity index (χ0n) is 11.3. The Hall–Kier alpha value is -1.89. The highest BCUT2D eigenvalue weighted by molar-refractivity contribution is 7.10. The lowest BCUT2D eigenvalue weighted by Gasteiger charge is -2.33. The highest BCUT2D eigenvalue weighted by Gasteiger charge is 2.24. The second-order valence-corrected chi connectivity index (χ2v) is 5.76. The van der Waals surface area contributed by atoms with E-state index < -0.39 is 0 Å². The number of carbonyl (C=O) groups excluding carboxylic acids is 1. The van der Waals surface area contributed by atoms with Crippen LogP contribution in [0.3, 0.4) is 0 Å². The topological polar surface area (TPSA) is 62.5 Å². The normalized spacial score (nSPS) is 15.7. The lowest BCUT2D eigenvalue weighted by Crippen LogP contribution is -2.49. The fourth-order valence-corrected chi connectivity index (χ4v) is 2.93. The summed E-state index contributed by atoms with van der Waals surface area (Å²) in [5.41, 5.74) is 0. The summed E-state index contributed by atoms with van der Waals surface area (Å²) in [5, 5.41) is 9.83. The van der Waals surface area contributed by atoms with E-state index in [-0.39, 0.29) is 5.91 Å². The first-order valence-corrected chi connectivity index (χ1v) is 7.45. The summed E-state index contributed by atoms with van der Waals surface area (Å²) in [6.45, 7) is 4.64. The molecule has 2 aromatic rings. The third-order valence-electron chi connectivity index (χ3n) is 3.32. The van der Waals surface area contributed by atoms with E-state index in [9.17, 15) is 4.79 Å². The van der Waals surface area contributed by atoms with E-state index in [0.717, 1.165) is 18.0 Å². The van der Waals surface area contributed by atoms with Crippen LogP contribution >= 0.6 is 11.3 Å². The minimum atomic E-state index is 0.189. The fraction of sp³-hybridized carbons (Fsp3) is 0.462. The van der Waals surface area contributed by atoms with Crippen molar-refractivity contribution < 1.29 is 9.21 Å². The molecule has 1 saturated heterocycles. The Kier molecular flexibility index (Phi) is 3.68. The molecule has 0 spiro atoms. The third kappa shape index (κ3) is 2.82. The summed E-state index contributed by atoms with van der Waals surface area (Å²) < 4.78 is 5.41. The van der Waals surface area contributed by atoms with Crippen molar-refractivity contribution in [3.05, 3.63) is 28.3 Å². The van der Waals surface area contributed by atoms with Gasteiger partial charge < -0.3 is 14.2 Å². The van der Waals surface area contributed by atoms with Gasteiger partial charge in [0.05, 0.1) is 6.42 Å². The first-order valence-electron chi connectivity index (χ1n) is 6.57. The van der Waals surface area contributed by atoms with Crippen molar-refractivity contribution in [2.45, 2.75) is 13.3 Å². The maximum Gasteiger partial charge on any atom is 0.318 e. The molecule has 1 aliphatic rings. The van der Waals surface area contributed by atoms with Gasteiger partial charge in [-0.15, -0.1) is 16.4 Å². The van der Waals surface area contributed by atoms with E-state index in [4.69, 9.17) is 4.42 Å². The van der Waals surface area contributed by atoms with Gasteiger partial charge >= 0.3 is 6.01 Å². The van der Waals surface area contributed by atoms with Crippen LogP contribution in [0.15, 0.2) is 21.9 Å². The second kappa shape index (κ2) is 5.62. The molecule has 3 heterocycles. The zero-order valence-corrected chi connectivity index (χ0v) is 12.1. The monoisotopic (exact) mass is 292 g/mol. The SMILES string of the molecule is Cc1nnc(N2CCN(C(=O)Cc3cccs3)CC2)o1. The van der Waals surface area contributed by atoms with E-state index >= 15 is 0 Å². The molecule has 7 heteroatoms. The Morgan fingerprint density at radius 1 is 1.35 bits per heavy atom. The van der Waals surface area contributed by atoms with Gasteiger partial charge in [-0.1, -0.05) is 11.2 Å². The molecule has 20 heavy (non-hydrogen) atoms. The van der Waals surface area contributed by atoms with Crippen molar-refractivity contribution >= 4 is 23.3 Å². The van der Waals surface area contributed by atoms with Crippen molar-refractivity contribution in [1.29, 1.82) is 0 Å². The largest absolute Gasteiger partial charge is 0.408 e. The third-order valence-corrected chi connectivity index (χ3v) is 4.20. The van der Waals surface area contributed by atoms with E-state index in [1.807, 2.05) is 27.3 Å². The Labute approximate surface area is 121 Å². The highest BCUT2D eigenvalue weighted by atomic mass is 32.1. The number of anilines is 1. The van der Waals surface area contributed by atoms with Crippen LogP contribution in [-0.2, 0) is 11.2 Å². The number of hydrogen-bond donors (Lipinski definition) is 0. The molecule has 1 aliphatic heterocycles. The van der Waals surface area contributed by atoms with Gasteiger partial charge in [0.1, 0.15) is 0 Å². The summed E-state index contributed by atoms with van der Waals surface area (Å²) in [5.74, 6) is 0.755. The molecule has 0 atom stereocenters. The van der Waals surface area contributed by atoms with Crippen molar-refractivity contribution in [2.24, 2.45) is 0 Å². The van der Waals surface area contributed by atoms with E-state index in [2.05, 4.69) is 10.2 Å². The first kappa shape index (κ1) is 13.1. The number of aryl methyl sites for hydroxylation is 1. The Morgan fingerprint density at radius 3 is 2.75 bits per heavy atom. The Morgan fingerprint density at radius 2 is 2.15 bits per heavy atom. The summed E-state index contributed by atoms with van der Waals surface area (Å²) in [6, 6.07) is 4.52. The minimum Gasteiger partial charge on any atom is -0.408 e. The van der Waals surface area contributed by atoms with Crippen LogP contribution in [0.4, 0.5) is 6.01 Å². The number of carbonyl (C=O) groups is 1. The summed E-state index contributed by atoms with van der Waals surface area (Å²) in [7, 11) is 0. The molecule has 0 unspecified atom stereocenters. The zero-order chi connectivity index (χ0) is 13.9. The van der Waals surface area contributed by atoms with Crippen LogP contribution in [-0.4, -0.2) is 47.2 Å². The van der Waals surface area contributed by atoms with Crippen LogP contribution < -0.4 is 4.90 Å². The lowest BCUT2D eigenvalue weighted by atomic mass is 10.2. The number of aromatic nitrogens is 2. The average Bonchev–Trinajstić information content (AvgIpc) is 3.10. The summed E-state index contributed by atoms with van der Waals surface area (Å²) in [6.07, 6.45) is 0.497. The van der Waals surface area contributed by atoms with Crippen molar-refractivity contribution in [1.82, 2.24) is 15.1 Å². The van der Waals surface area contributed by atoms with Crippen LogP contribution in [0.2, 0.25) is 0 Å². The standard InChI is InChI=1S/C13H16N4O2S/c1-10-14-15-13(19-10)17-6-4-16(5-7-17)12(18)9-11-3-2-8-20-11/h2-3,8H,4-7,9H2,1H3. The van der Waals surface area contributed by atoms with Crippen molar-refractivity contribution in [3.63, 3.8) is 0 Å². The van der Waals surface area contributed by atoms with E-state index in [0.29, 0.717) is 31.4 Å². The van der Waals surface area contributed by atoms with Gasteiger partial charge in [0.25, 0.3) is 0 Å². The number of rotatable bonds is 3. The molecule has 0 radical (unpaired) electrons. The van der Waals surface area contributed by atoms with Crippen LogP contribution in [0, 0.1) is 6.92 Å². The molecule has 2 aromatic heterocycles. The van der Waals surface area contributed by atoms with Crippen molar-refractivity contribution in [3.8, 4) is 0 Å². The van der Waals surface area contributed by atoms with E-state index in [1.165, 1.54) is 0 Å². The van der Waals surface area contributed by atoms with Crippen LogP contribution in [0.25, 0.3) is 0 Å². The van der Waals surface area contributed by atoms with Gasteiger partial charge in [0, 0.05) is 38.0 Å². The lowest BCUT2D eigenvalue weighted by molar-refractivity contribution is -0.130. The molecule has 0 N–H and O–H groups in total. The average molecular weight is 292 g/mol. The van der Waals surface area contributed by atoms with Gasteiger partial charge in [-0.25, -0.2) is 0 Å². The van der Waals surface area contributed by atoms with Gasteiger partial charge in [0.2, 0.25) is 11.8 Å². The van der Waals surface area contributed by atoms with Gasteiger partial charge in [-0.3, -0.25) is 4.79 Å². The maximum absolute atomic E-state index is 12.2. The Bertz CT molecular complexity index is 573. The molecule has 1 fully saturated rings. The van der Waals surface area contributed by atoms with Crippen LogP contribution in [0.5, 0.6) is 0 Å². The molecule has 0 saturated carbocycles. The predicted molar refractivity (Wildman–Crippen MR) is 75.9 cm³/mol. The molecule has 1 amide bonds. The van der Waals surface area contributed by atoms with Gasteiger partial charge in [-0.05, 0) is 11.4 Å². The second-order valence-electron chi connectivity index (χ2n) is 4.73. The number of hydrogen-bond acceptors (Lipinski definition) is 6. The quantitative estimate of drug-likeness (QED) is 0.854. The molecule has 6 nitrogen and oxygen atoms in total. The number of piperazine rings is 1. The molecule has 0 aliphatic carbocycles. The number of nitrogens with zero attached hydrogens (tertiary/aromatic N) is 4. The molecule has 106 valence electrons. The minimum absolute atomic E-state index is 0.189. The fourth-order valence-electron chi connectivity index (χ4n) is 2.24. The van der Waals surface area contributed by atoms with Gasteiger partial charge in [0.15, 0.2) is 0 Å². The smallest absolute Gasteiger partial charge is 0.318 e. The van der Waals surface area contributed by atoms with Gasteiger partial charge in [-0.2, -0.15) is 0 Å². The first-order chi connectivity index (χ1) is 9.72. The molecule has 0 bridgehead atoms. The maximum atomic E-state index is 12.2. The van der Waals surface area contributed by atoms with Crippen LogP contribution in [0.1, 0.15) is 10.8 Å². The molecular weight excluding hydrogens is 276 g/mol. The predicted octanol–water partition coefficient (Wildman–Crippen LogP) is 1.33. The van der Waals surface area contributed by atoms with Crippen molar-refractivity contribution in [2.75, 3.05) is 31.1 Å². The molecule has 3 rings (SSSR count). The summed E-state index contributed by atoms with van der Waals surface area (Å²) in [4.78, 5) is 17.2. The van der Waals surface area contributed by atoms with E-state index in [1.54, 1.807) is 18.3 Å².